The Morgan fingerprint density at radius 3 is 2.46 bits per heavy atom. The minimum Gasteiger partial charge on any atom is -0.322 e. The van der Waals surface area contributed by atoms with E-state index in [0.29, 0.717) is 6.54 Å². The summed E-state index contributed by atoms with van der Waals surface area (Å²) in [6.45, 7) is 4.79. The van der Waals surface area contributed by atoms with Gasteiger partial charge in [-0.3, -0.25) is 9.97 Å². The molecule has 0 saturated heterocycles. The topological polar surface area (TPSA) is 43.6 Å². The minimum atomic E-state index is 0.695. The van der Waals surface area contributed by atoms with Crippen molar-refractivity contribution in [1.29, 1.82) is 0 Å². The first-order valence-electron chi connectivity index (χ1n) is 8.54. The molecule has 0 spiro atoms. The molecule has 0 atom stereocenters. The zero-order chi connectivity index (χ0) is 18.1. The molecule has 0 unspecified atom stereocenters. The molecule has 0 aliphatic carbocycles. The number of imidazole rings is 1. The van der Waals surface area contributed by atoms with E-state index in [1.807, 2.05) is 25.4 Å². The van der Waals surface area contributed by atoms with Gasteiger partial charge in [-0.05, 0) is 37.8 Å². The van der Waals surface area contributed by atoms with Crippen LogP contribution in [0.5, 0.6) is 0 Å². The Kier molecular flexibility index (Phi) is 4.47. The van der Waals surface area contributed by atoms with Crippen molar-refractivity contribution >= 4 is 22.8 Å². The van der Waals surface area contributed by atoms with Crippen LogP contribution in [0.4, 0.5) is 0 Å². The maximum atomic E-state index is 4.74. The van der Waals surface area contributed by atoms with Gasteiger partial charge in [0.05, 0.1) is 24.0 Å². The molecule has 26 heavy (non-hydrogen) atoms. The summed E-state index contributed by atoms with van der Waals surface area (Å²) >= 11 is 1.70. The number of fused-ring (bicyclic) bond motifs is 1. The van der Waals surface area contributed by atoms with Crippen LogP contribution in [0.2, 0.25) is 0 Å². The van der Waals surface area contributed by atoms with Crippen LogP contribution in [-0.2, 0) is 6.54 Å². The van der Waals surface area contributed by atoms with Gasteiger partial charge in [0.1, 0.15) is 11.3 Å². The van der Waals surface area contributed by atoms with E-state index in [1.165, 1.54) is 4.90 Å². The molecule has 0 saturated carbocycles. The van der Waals surface area contributed by atoms with Crippen LogP contribution in [0.25, 0.3) is 22.2 Å². The lowest BCUT2D eigenvalue weighted by Crippen LogP contribution is -2.05. The molecule has 0 fully saturated rings. The molecule has 0 radical (unpaired) electrons. The van der Waals surface area contributed by atoms with E-state index in [-0.39, 0.29) is 0 Å². The first-order chi connectivity index (χ1) is 12.7. The number of aryl methyl sites for hydroxylation is 2. The maximum Gasteiger partial charge on any atom is 0.108 e. The van der Waals surface area contributed by atoms with E-state index < -0.39 is 0 Å². The molecule has 1 aromatic carbocycles. The van der Waals surface area contributed by atoms with Crippen LogP contribution in [0.15, 0.2) is 59.8 Å². The van der Waals surface area contributed by atoms with Crippen LogP contribution in [0.3, 0.4) is 0 Å². The first kappa shape index (κ1) is 16.8. The first-order valence-corrected chi connectivity index (χ1v) is 9.76. The van der Waals surface area contributed by atoms with E-state index in [0.717, 1.165) is 39.4 Å². The summed E-state index contributed by atoms with van der Waals surface area (Å²) in [4.78, 5) is 15.1. The fourth-order valence-corrected chi connectivity index (χ4v) is 3.63. The zero-order valence-electron chi connectivity index (χ0n) is 15.1. The standard InChI is InChI=1S/C21H20N4S/c1-14-20(16-7-5-4-6-8-16)21-19(12-22-14)24-15(2)25(21)13-17-9-10-18(26-3)11-23-17/h4-12H,13H2,1-3H3. The predicted octanol–water partition coefficient (Wildman–Crippen LogP) is 4.88. The van der Waals surface area contributed by atoms with Crippen LogP contribution in [-0.4, -0.2) is 25.8 Å². The van der Waals surface area contributed by atoms with Crippen molar-refractivity contribution in [1.82, 2.24) is 19.5 Å². The highest BCUT2D eigenvalue weighted by Gasteiger charge is 2.16. The minimum absolute atomic E-state index is 0.695. The van der Waals surface area contributed by atoms with Crippen LogP contribution < -0.4 is 0 Å². The largest absolute Gasteiger partial charge is 0.322 e. The van der Waals surface area contributed by atoms with Crippen molar-refractivity contribution in [2.45, 2.75) is 25.3 Å². The van der Waals surface area contributed by atoms with E-state index >= 15 is 0 Å². The molecule has 0 bridgehead atoms. The molecule has 4 aromatic rings. The summed E-state index contributed by atoms with van der Waals surface area (Å²) in [5.41, 5.74) is 6.39. The van der Waals surface area contributed by atoms with Gasteiger partial charge in [0.25, 0.3) is 0 Å². The summed E-state index contributed by atoms with van der Waals surface area (Å²) in [6.07, 6.45) is 5.86. The summed E-state index contributed by atoms with van der Waals surface area (Å²) in [5.74, 6) is 0.973. The Morgan fingerprint density at radius 2 is 1.77 bits per heavy atom. The van der Waals surface area contributed by atoms with Gasteiger partial charge >= 0.3 is 0 Å². The molecule has 0 aliphatic heterocycles. The second-order valence-corrected chi connectivity index (χ2v) is 7.13. The molecule has 0 amide bonds. The van der Waals surface area contributed by atoms with E-state index in [2.05, 4.69) is 64.1 Å². The number of aromatic nitrogens is 4. The summed E-state index contributed by atoms with van der Waals surface area (Å²) in [6, 6.07) is 14.6. The molecule has 0 aliphatic rings. The summed E-state index contributed by atoms with van der Waals surface area (Å²) in [7, 11) is 0. The number of rotatable bonds is 4. The maximum absolute atomic E-state index is 4.74. The Labute approximate surface area is 157 Å². The fraction of sp³-hybridized carbons (Fsp3) is 0.190. The summed E-state index contributed by atoms with van der Waals surface area (Å²) < 4.78 is 2.24. The normalized spacial score (nSPS) is 11.2. The van der Waals surface area contributed by atoms with Gasteiger partial charge in [-0.1, -0.05) is 30.3 Å². The van der Waals surface area contributed by atoms with Crippen molar-refractivity contribution in [2.24, 2.45) is 0 Å². The number of benzene rings is 1. The molecule has 5 heteroatoms. The number of pyridine rings is 2. The third kappa shape index (κ3) is 2.99. The average Bonchev–Trinajstić information content (AvgIpc) is 2.98. The second-order valence-electron chi connectivity index (χ2n) is 6.25. The number of nitrogens with zero attached hydrogens (tertiary/aromatic N) is 4. The zero-order valence-corrected chi connectivity index (χ0v) is 15.9. The highest BCUT2D eigenvalue weighted by atomic mass is 32.2. The number of hydrogen-bond donors (Lipinski definition) is 0. The lowest BCUT2D eigenvalue weighted by molar-refractivity contribution is 0.762. The molecule has 0 N–H and O–H groups in total. The van der Waals surface area contributed by atoms with Gasteiger partial charge in [0.15, 0.2) is 0 Å². The van der Waals surface area contributed by atoms with Gasteiger partial charge in [0.2, 0.25) is 0 Å². The van der Waals surface area contributed by atoms with Gasteiger partial charge in [-0.2, -0.15) is 0 Å². The number of hydrogen-bond acceptors (Lipinski definition) is 4. The molecule has 130 valence electrons. The van der Waals surface area contributed by atoms with E-state index in [1.54, 1.807) is 11.8 Å². The van der Waals surface area contributed by atoms with Crippen LogP contribution >= 0.6 is 11.8 Å². The van der Waals surface area contributed by atoms with Crippen molar-refractivity contribution in [2.75, 3.05) is 6.26 Å². The predicted molar refractivity (Wildman–Crippen MR) is 108 cm³/mol. The van der Waals surface area contributed by atoms with Crippen LogP contribution in [0.1, 0.15) is 17.2 Å². The van der Waals surface area contributed by atoms with Crippen molar-refractivity contribution in [3.8, 4) is 11.1 Å². The van der Waals surface area contributed by atoms with E-state index in [4.69, 9.17) is 4.98 Å². The molecule has 3 aromatic heterocycles. The van der Waals surface area contributed by atoms with E-state index in [9.17, 15) is 0 Å². The quantitative estimate of drug-likeness (QED) is 0.487. The molecule has 4 nitrogen and oxygen atoms in total. The monoisotopic (exact) mass is 360 g/mol. The number of thioether (sulfide) groups is 1. The Morgan fingerprint density at radius 1 is 0.962 bits per heavy atom. The van der Waals surface area contributed by atoms with Crippen molar-refractivity contribution < 1.29 is 0 Å². The highest BCUT2D eigenvalue weighted by Crippen LogP contribution is 2.31. The average molecular weight is 360 g/mol. The molecule has 4 rings (SSSR count). The van der Waals surface area contributed by atoms with Gasteiger partial charge in [-0.15, -0.1) is 11.8 Å². The lowest BCUT2D eigenvalue weighted by Gasteiger charge is -2.12. The van der Waals surface area contributed by atoms with Crippen molar-refractivity contribution in [3.05, 3.63) is 72.1 Å². The smallest absolute Gasteiger partial charge is 0.108 e. The van der Waals surface area contributed by atoms with Gasteiger partial charge in [-0.25, -0.2) is 4.98 Å². The third-order valence-electron chi connectivity index (χ3n) is 4.58. The fourth-order valence-electron chi connectivity index (χ4n) is 3.27. The Hall–Kier alpha value is -2.66. The third-order valence-corrected chi connectivity index (χ3v) is 5.29. The Bertz CT molecular complexity index is 1050. The lowest BCUT2D eigenvalue weighted by atomic mass is 10.0. The van der Waals surface area contributed by atoms with Gasteiger partial charge in [0, 0.05) is 22.3 Å². The Balaban J connectivity index is 1.89. The molecular formula is C21H20N4S. The van der Waals surface area contributed by atoms with Gasteiger partial charge < -0.3 is 4.57 Å². The molecular weight excluding hydrogens is 340 g/mol. The summed E-state index contributed by atoms with van der Waals surface area (Å²) in [5, 5.41) is 0. The van der Waals surface area contributed by atoms with Crippen molar-refractivity contribution in [3.63, 3.8) is 0 Å². The SMILES string of the molecule is CSc1ccc(Cn2c(C)nc3cnc(C)c(-c4ccccc4)c32)nc1. The molecule has 3 heterocycles. The second kappa shape index (κ2) is 6.92. The highest BCUT2D eigenvalue weighted by molar-refractivity contribution is 7.98. The van der Waals surface area contributed by atoms with Crippen LogP contribution in [0, 0.1) is 13.8 Å².